The summed E-state index contributed by atoms with van der Waals surface area (Å²) < 4.78 is 19.7. The zero-order valence-corrected chi connectivity index (χ0v) is 16.3. The van der Waals surface area contributed by atoms with Gasteiger partial charge >= 0.3 is 5.76 Å². The van der Waals surface area contributed by atoms with Crippen molar-refractivity contribution in [3.8, 4) is 6.07 Å². The maximum absolute atomic E-state index is 14.6. The number of carbonyl (C=O) groups excluding carboxylic acids is 1. The van der Waals surface area contributed by atoms with Crippen molar-refractivity contribution >= 4 is 17.0 Å². The number of H-pyrrole nitrogens is 1. The summed E-state index contributed by atoms with van der Waals surface area (Å²) in [4.78, 5) is 28.9. The van der Waals surface area contributed by atoms with Crippen molar-refractivity contribution in [3.05, 3.63) is 105 Å². The molecule has 0 saturated carbocycles. The lowest BCUT2D eigenvalue weighted by Gasteiger charge is -2.26. The number of hydrogen-bond donors (Lipinski definition) is 1. The van der Waals surface area contributed by atoms with Crippen LogP contribution in [-0.2, 0) is 13.0 Å². The number of aromatic nitrogens is 1. The van der Waals surface area contributed by atoms with Crippen LogP contribution in [0, 0.1) is 17.1 Å². The lowest BCUT2D eigenvalue weighted by molar-refractivity contribution is 0.0708. The summed E-state index contributed by atoms with van der Waals surface area (Å²) in [5.41, 5.74) is 3.67. The average molecular weight is 413 g/mol. The number of nitrogens with one attached hydrogen (secondary N) is 1. The third-order valence-electron chi connectivity index (χ3n) is 5.66. The molecule has 0 fully saturated rings. The first-order valence-corrected chi connectivity index (χ1v) is 9.74. The van der Waals surface area contributed by atoms with Gasteiger partial charge in [0.15, 0.2) is 5.58 Å². The Hall–Kier alpha value is -4.18. The van der Waals surface area contributed by atoms with Crippen LogP contribution in [0.1, 0.15) is 38.7 Å². The third kappa shape index (κ3) is 3.19. The molecule has 0 aliphatic carbocycles. The van der Waals surface area contributed by atoms with E-state index in [1.807, 2.05) is 24.3 Å². The summed E-state index contributed by atoms with van der Waals surface area (Å²) in [6.45, 7) is 0.249. The molecule has 1 atom stereocenters. The van der Waals surface area contributed by atoms with Gasteiger partial charge in [0.05, 0.1) is 23.2 Å². The fourth-order valence-electron chi connectivity index (χ4n) is 4.20. The maximum atomic E-state index is 14.6. The van der Waals surface area contributed by atoms with Gasteiger partial charge in [0.1, 0.15) is 5.82 Å². The van der Waals surface area contributed by atoms with Crippen LogP contribution in [0.15, 0.2) is 69.9 Å². The van der Waals surface area contributed by atoms with E-state index >= 15 is 0 Å². The van der Waals surface area contributed by atoms with E-state index < -0.39 is 17.6 Å². The summed E-state index contributed by atoms with van der Waals surface area (Å²) in [6.07, 6.45) is 0.180. The van der Waals surface area contributed by atoms with E-state index in [0.29, 0.717) is 16.7 Å². The first-order valence-electron chi connectivity index (χ1n) is 9.74. The van der Waals surface area contributed by atoms with Gasteiger partial charge in [-0.25, -0.2) is 9.18 Å². The number of halogens is 1. The Kier molecular flexibility index (Phi) is 4.41. The SMILES string of the molecule is N#Cc1cccc(F)c1C[C@H]1c2ccccc2C(=O)N1Cc1ccc2[nH]c(=O)oc2c1. The van der Waals surface area contributed by atoms with Gasteiger partial charge in [-0.1, -0.05) is 30.3 Å². The molecule has 4 aromatic rings. The highest BCUT2D eigenvalue weighted by Gasteiger charge is 2.37. The van der Waals surface area contributed by atoms with Gasteiger partial charge in [-0.05, 0) is 41.5 Å². The Balaban J connectivity index is 1.55. The summed E-state index contributed by atoms with van der Waals surface area (Å²) in [5.74, 6) is -1.17. The molecular formula is C24H16FN3O3. The predicted molar refractivity (Wildman–Crippen MR) is 111 cm³/mol. The van der Waals surface area contributed by atoms with Crippen molar-refractivity contribution in [1.82, 2.24) is 9.88 Å². The smallest absolute Gasteiger partial charge is 0.408 e. The number of oxazole rings is 1. The predicted octanol–water partition coefficient (Wildman–Crippen LogP) is 4.07. The van der Waals surface area contributed by atoms with Gasteiger partial charge in [-0.15, -0.1) is 0 Å². The van der Waals surface area contributed by atoms with Crippen LogP contribution in [-0.4, -0.2) is 15.8 Å². The molecular weight excluding hydrogens is 397 g/mol. The second-order valence-electron chi connectivity index (χ2n) is 7.46. The monoisotopic (exact) mass is 413 g/mol. The molecule has 1 aliphatic heterocycles. The van der Waals surface area contributed by atoms with Gasteiger partial charge in [-0.2, -0.15) is 5.26 Å². The minimum Gasteiger partial charge on any atom is -0.408 e. The molecule has 5 rings (SSSR count). The minimum atomic E-state index is -0.543. The number of hydrogen-bond acceptors (Lipinski definition) is 4. The normalized spacial score (nSPS) is 15.3. The van der Waals surface area contributed by atoms with Crippen molar-refractivity contribution in [2.45, 2.75) is 19.0 Å². The highest BCUT2D eigenvalue weighted by Crippen LogP contribution is 2.38. The molecule has 0 radical (unpaired) electrons. The van der Waals surface area contributed by atoms with Crippen LogP contribution in [0.2, 0.25) is 0 Å². The molecule has 1 amide bonds. The van der Waals surface area contributed by atoms with E-state index in [1.165, 1.54) is 12.1 Å². The van der Waals surface area contributed by atoms with Gasteiger partial charge in [0, 0.05) is 24.1 Å². The number of benzene rings is 3. The topological polar surface area (TPSA) is 90.1 Å². The number of rotatable bonds is 4. The van der Waals surface area contributed by atoms with Crippen LogP contribution in [0.25, 0.3) is 11.1 Å². The summed E-state index contributed by atoms with van der Waals surface area (Å²) in [6, 6.07) is 18.5. The molecule has 3 aromatic carbocycles. The highest BCUT2D eigenvalue weighted by molar-refractivity contribution is 5.99. The Labute approximate surface area is 176 Å². The molecule has 7 heteroatoms. The Morgan fingerprint density at radius 1 is 1.10 bits per heavy atom. The van der Waals surface area contributed by atoms with Crippen molar-refractivity contribution in [2.24, 2.45) is 0 Å². The minimum absolute atomic E-state index is 0.161. The zero-order chi connectivity index (χ0) is 21.5. The zero-order valence-electron chi connectivity index (χ0n) is 16.3. The molecule has 1 N–H and O–H groups in total. The number of amides is 1. The van der Waals surface area contributed by atoms with E-state index in [-0.39, 0.29) is 30.0 Å². The first-order chi connectivity index (χ1) is 15.0. The van der Waals surface area contributed by atoms with Gasteiger partial charge in [0.2, 0.25) is 0 Å². The molecule has 2 heterocycles. The lowest BCUT2D eigenvalue weighted by Crippen LogP contribution is -2.29. The number of carbonyl (C=O) groups is 1. The van der Waals surface area contributed by atoms with E-state index in [0.717, 1.165) is 11.1 Å². The maximum Gasteiger partial charge on any atom is 0.417 e. The first kappa shape index (κ1) is 18.8. The second-order valence-corrected chi connectivity index (χ2v) is 7.46. The van der Waals surface area contributed by atoms with Crippen LogP contribution < -0.4 is 5.76 Å². The summed E-state index contributed by atoms with van der Waals surface area (Å²) >= 11 is 0. The van der Waals surface area contributed by atoms with Crippen molar-refractivity contribution in [1.29, 1.82) is 5.26 Å². The van der Waals surface area contributed by atoms with E-state index in [1.54, 1.807) is 35.2 Å². The largest absolute Gasteiger partial charge is 0.417 e. The summed E-state index contributed by atoms with van der Waals surface area (Å²) in [5, 5.41) is 9.43. The molecule has 1 aromatic heterocycles. The number of fused-ring (bicyclic) bond motifs is 2. The van der Waals surface area contributed by atoms with Crippen molar-refractivity contribution in [3.63, 3.8) is 0 Å². The van der Waals surface area contributed by atoms with Crippen LogP contribution in [0.5, 0.6) is 0 Å². The van der Waals surface area contributed by atoms with Crippen LogP contribution in [0.4, 0.5) is 4.39 Å². The van der Waals surface area contributed by atoms with Crippen LogP contribution in [0.3, 0.4) is 0 Å². The highest BCUT2D eigenvalue weighted by atomic mass is 19.1. The second kappa shape index (κ2) is 7.26. The molecule has 0 spiro atoms. The fourth-order valence-corrected chi connectivity index (χ4v) is 4.20. The van der Waals surface area contributed by atoms with Crippen molar-refractivity contribution < 1.29 is 13.6 Å². The standard InChI is InChI=1S/C24H16FN3O3/c25-19-7-3-4-15(12-26)18(19)11-21-16-5-1-2-6-17(16)23(29)28(21)13-14-8-9-20-22(10-14)31-24(30)27-20/h1-10,21H,11,13H2,(H,27,30)/t21-/m0/s1. The van der Waals surface area contributed by atoms with Crippen LogP contribution >= 0.6 is 0 Å². The molecule has 0 saturated heterocycles. The van der Waals surface area contributed by atoms with E-state index in [4.69, 9.17) is 4.42 Å². The van der Waals surface area contributed by atoms with Crippen molar-refractivity contribution in [2.75, 3.05) is 0 Å². The number of aromatic amines is 1. The lowest BCUT2D eigenvalue weighted by atomic mass is 9.95. The number of nitrogens with zero attached hydrogens (tertiary/aromatic N) is 2. The van der Waals surface area contributed by atoms with E-state index in [2.05, 4.69) is 4.98 Å². The van der Waals surface area contributed by atoms with Gasteiger partial charge < -0.3 is 9.32 Å². The molecule has 31 heavy (non-hydrogen) atoms. The fraction of sp³-hybridized carbons (Fsp3) is 0.125. The van der Waals surface area contributed by atoms with Gasteiger partial charge in [-0.3, -0.25) is 9.78 Å². The average Bonchev–Trinajstić information content (AvgIpc) is 3.27. The molecule has 0 bridgehead atoms. The third-order valence-corrected chi connectivity index (χ3v) is 5.66. The molecule has 152 valence electrons. The Bertz CT molecular complexity index is 1430. The molecule has 6 nitrogen and oxygen atoms in total. The number of nitriles is 1. The molecule has 1 aliphatic rings. The quantitative estimate of drug-likeness (QED) is 0.546. The van der Waals surface area contributed by atoms with Gasteiger partial charge in [0.25, 0.3) is 5.91 Å². The Morgan fingerprint density at radius 2 is 1.94 bits per heavy atom. The summed E-state index contributed by atoms with van der Waals surface area (Å²) in [7, 11) is 0. The molecule has 0 unspecified atom stereocenters. The Morgan fingerprint density at radius 3 is 2.77 bits per heavy atom. The van der Waals surface area contributed by atoms with E-state index in [9.17, 15) is 19.2 Å².